The molecular formula is C24H24Cl2N2O2. The first-order valence-electron chi connectivity index (χ1n) is 10.1. The highest BCUT2D eigenvalue weighted by atomic mass is 35.5. The molecule has 0 aliphatic carbocycles. The van der Waals surface area contributed by atoms with E-state index >= 15 is 0 Å². The number of benzene rings is 2. The molecule has 4 nitrogen and oxygen atoms in total. The number of aliphatic hydroxyl groups is 1. The van der Waals surface area contributed by atoms with Crippen LogP contribution in [0.5, 0.6) is 0 Å². The van der Waals surface area contributed by atoms with Crippen molar-refractivity contribution < 1.29 is 9.90 Å². The minimum absolute atomic E-state index is 0.0819. The predicted octanol–water partition coefficient (Wildman–Crippen LogP) is 5.66. The van der Waals surface area contributed by atoms with Gasteiger partial charge < -0.3 is 14.6 Å². The van der Waals surface area contributed by atoms with Gasteiger partial charge in [-0.15, -0.1) is 0 Å². The molecular weight excluding hydrogens is 419 g/mol. The Kier molecular flexibility index (Phi) is 5.92. The third-order valence-corrected chi connectivity index (χ3v) is 6.28. The van der Waals surface area contributed by atoms with Gasteiger partial charge in [0.15, 0.2) is 0 Å². The number of rotatable bonds is 3. The number of halogens is 2. The third-order valence-electron chi connectivity index (χ3n) is 5.67. The van der Waals surface area contributed by atoms with E-state index in [-0.39, 0.29) is 12.0 Å². The highest BCUT2D eigenvalue weighted by Gasteiger charge is 2.30. The lowest BCUT2D eigenvalue weighted by molar-refractivity contribution is 0.0540. The molecule has 0 bridgehead atoms. The van der Waals surface area contributed by atoms with Gasteiger partial charge in [-0.2, -0.15) is 0 Å². The van der Waals surface area contributed by atoms with Crippen molar-refractivity contribution in [2.75, 3.05) is 13.1 Å². The van der Waals surface area contributed by atoms with Gasteiger partial charge in [0.1, 0.15) is 5.69 Å². The fourth-order valence-corrected chi connectivity index (χ4v) is 4.62. The smallest absolute Gasteiger partial charge is 0.271 e. The molecule has 1 N–H and O–H groups in total. The fourth-order valence-electron chi connectivity index (χ4n) is 4.04. The first-order chi connectivity index (χ1) is 14.4. The topological polar surface area (TPSA) is 45.5 Å². The normalized spacial score (nSPS) is 14.9. The Balaban J connectivity index is 1.92. The number of piperidine rings is 1. The van der Waals surface area contributed by atoms with Crippen LogP contribution in [0.3, 0.4) is 0 Å². The van der Waals surface area contributed by atoms with Crippen molar-refractivity contribution in [3.8, 4) is 16.8 Å². The van der Waals surface area contributed by atoms with Gasteiger partial charge in [0.25, 0.3) is 5.91 Å². The average molecular weight is 443 g/mol. The molecule has 1 aliphatic rings. The zero-order chi connectivity index (χ0) is 21.4. The Morgan fingerprint density at radius 3 is 2.20 bits per heavy atom. The summed E-state index contributed by atoms with van der Waals surface area (Å²) in [7, 11) is 0. The Morgan fingerprint density at radius 1 is 1.00 bits per heavy atom. The van der Waals surface area contributed by atoms with Crippen LogP contribution >= 0.6 is 23.2 Å². The molecule has 2 heterocycles. The van der Waals surface area contributed by atoms with Crippen LogP contribution in [-0.2, 0) is 0 Å². The Hall–Kier alpha value is -2.27. The van der Waals surface area contributed by atoms with E-state index in [9.17, 15) is 9.90 Å². The molecule has 0 saturated carbocycles. The summed E-state index contributed by atoms with van der Waals surface area (Å²) in [6.45, 7) is 5.07. The van der Waals surface area contributed by atoms with Crippen LogP contribution < -0.4 is 0 Å². The summed E-state index contributed by atoms with van der Waals surface area (Å²) in [5, 5.41) is 10.8. The summed E-state index contributed by atoms with van der Waals surface area (Å²) < 4.78 is 1.82. The molecule has 0 radical (unpaired) electrons. The van der Waals surface area contributed by atoms with Crippen molar-refractivity contribution in [3.05, 3.63) is 75.5 Å². The van der Waals surface area contributed by atoms with Gasteiger partial charge in [0.05, 0.1) is 21.8 Å². The molecule has 0 spiro atoms. The molecule has 4 rings (SSSR count). The van der Waals surface area contributed by atoms with Gasteiger partial charge in [0.2, 0.25) is 0 Å². The maximum absolute atomic E-state index is 13.7. The van der Waals surface area contributed by atoms with E-state index in [0.29, 0.717) is 47.4 Å². The molecule has 2 aromatic carbocycles. The summed E-state index contributed by atoms with van der Waals surface area (Å²) in [5.74, 6) is -0.0819. The largest absolute Gasteiger partial charge is 0.393 e. The van der Waals surface area contributed by atoms with Crippen LogP contribution in [-0.4, -0.2) is 39.7 Å². The zero-order valence-corrected chi connectivity index (χ0v) is 18.5. The summed E-state index contributed by atoms with van der Waals surface area (Å²) in [5.41, 5.74) is 5.12. The van der Waals surface area contributed by atoms with Gasteiger partial charge in [-0.05, 0) is 49.9 Å². The number of carbonyl (C=O) groups is 1. The van der Waals surface area contributed by atoms with Crippen LogP contribution in [0, 0.1) is 13.8 Å². The Morgan fingerprint density at radius 2 is 1.60 bits per heavy atom. The number of amides is 1. The lowest BCUT2D eigenvalue weighted by Crippen LogP contribution is -2.41. The van der Waals surface area contributed by atoms with Crippen molar-refractivity contribution in [2.45, 2.75) is 32.8 Å². The number of carbonyl (C=O) groups excluding carboxylic acids is 1. The summed E-state index contributed by atoms with van der Waals surface area (Å²) >= 11 is 13.0. The quantitative estimate of drug-likeness (QED) is 0.568. The second-order valence-corrected chi connectivity index (χ2v) is 8.68. The number of nitrogens with zero attached hydrogens (tertiary/aromatic N) is 2. The van der Waals surface area contributed by atoms with Crippen LogP contribution in [0.25, 0.3) is 16.8 Å². The summed E-state index contributed by atoms with van der Waals surface area (Å²) in [6.07, 6.45) is 2.74. The molecule has 1 fully saturated rings. The first-order valence-corrected chi connectivity index (χ1v) is 10.8. The second kappa shape index (κ2) is 8.46. The number of para-hydroxylation sites is 1. The van der Waals surface area contributed by atoms with E-state index in [0.717, 1.165) is 22.3 Å². The van der Waals surface area contributed by atoms with E-state index in [1.165, 1.54) is 0 Å². The minimum atomic E-state index is -0.350. The summed E-state index contributed by atoms with van der Waals surface area (Å²) in [4.78, 5) is 15.5. The molecule has 156 valence electrons. The third kappa shape index (κ3) is 3.87. The van der Waals surface area contributed by atoms with Crippen molar-refractivity contribution >= 4 is 29.1 Å². The van der Waals surface area contributed by atoms with Crippen molar-refractivity contribution in [3.63, 3.8) is 0 Å². The van der Waals surface area contributed by atoms with Gasteiger partial charge in [-0.25, -0.2) is 0 Å². The number of aromatic nitrogens is 1. The maximum Gasteiger partial charge on any atom is 0.271 e. The Bertz CT molecular complexity index is 1060. The molecule has 30 heavy (non-hydrogen) atoms. The average Bonchev–Trinajstić information content (AvgIpc) is 3.05. The number of likely N-dealkylation sites (tertiary alicyclic amines) is 1. The number of hydrogen-bond donors (Lipinski definition) is 1. The number of aliphatic hydroxyl groups excluding tert-OH is 1. The molecule has 0 atom stereocenters. The van der Waals surface area contributed by atoms with Crippen LogP contribution in [0.1, 0.15) is 34.5 Å². The van der Waals surface area contributed by atoms with E-state index in [1.807, 2.05) is 48.9 Å². The zero-order valence-electron chi connectivity index (χ0n) is 17.0. The SMILES string of the molecule is Cc1ccc(-c2c(C)cn(-c3c(Cl)cccc3Cl)c2C(=O)N2CCC(O)CC2)cc1. The highest BCUT2D eigenvalue weighted by molar-refractivity contribution is 6.37. The van der Waals surface area contributed by atoms with Gasteiger partial charge in [0, 0.05) is 24.8 Å². The van der Waals surface area contributed by atoms with Crippen LogP contribution in [0.4, 0.5) is 0 Å². The molecule has 3 aromatic rings. The number of hydrogen-bond acceptors (Lipinski definition) is 2. The van der Waals surface area contributed by atoms with E-state index in [4.69, 9.17) is 23.2 Å². The van der Waals surface area contributed by atoms with Gasteiger partial charge >= 0.3 is 0 Å². The summed E-state index contributed by atoms with van der Waals surface area (Å²) in [6, 6.07) is 13.5. The molecule has 6 heteroatoms. The molecule has 1 amide bonds. The lowest BCUT2D eigenvalue weighted by atomic mass is 9.99. The minimum Gasteiger partial charge on any atom is -0.393 e. The standard InChI is InChI=1S/C24H24Cl2N2O2/c1-15-6-8-17(9-7-15)21-16(2)14-28(22-19(25)4-3-5-20(22)26)23(21)24(30)27-12-10-18(29)11-13-27/h3-9,14,18,29H,10-13H2,1-2H3. The predicted molar refractivity (Wildman–Crippen MR) is 122 cm³/mol. The van der Waals surface area contributed by atoms with Crippen LogP contribution in [0.2, 0.25) is 10.0 Å². The number of aryl methyl sites for hydroxylation is 2. The molecule has 1 aromatic heterocycles. The Labute approximate surface area is 186 Å². The van der Waals surface area contributed by atoms with Crippen LogP contribution in [0.15, 0.2) is 48.7 Å². The second-order valence-electron chi connectivity index (χ2n) is 7.87. The van der Waals surface area contributed by atoms with E-state index < -0.39 is 0 Å². The maximum atomic E-state index is 13.7. The van der Waals surface area contributed by atoms with Crippen molar-refractivity contribution in [1.82, 2.24) is 9.47 Å². The van der Waals surface area contributed by atoms with Gasteiger partial charge in [-0.3, -0.25) is 4.79 Å². The van der Waals surface area contributed by atoms with E-state index in [1.54, 1.807) is 23.1 Å². The van der Waals surface area contributed by atoms with Crippen molar-refractivity contribution in [2.24, 2.45) is 0 Å². The molecule has 1 aliphatic heterocycles. The van der Waals surface area contributed by atoms with Crippen molar-refractivity contribution in [1.29, 1.82) is 0 Å². The lowest BCUT2D eigenvalue weighted by Gasteiger charge is -2.30. The molecule has 0 unspecified atom stereocenters. The van der Waals surface area contributed by atoms with Gasteiger partial charge in [-0.1, -0.05) is 59.1 Å². The first kappa shape index (κ1) is 21.0. The molecule has 1 saturated heterocycles. The van der Waals surface area contributed by atoms with E-state index in [2.05, 4.69) is 0 Å². The monoisotopic (exact) mass is 442 g/mol. The fraction of sp³-hybridized carbons (Fsp3) is 0.292. The highest BCUT2D eigenvalue weighted by Crippen LogP contribution is 2.37.